The van der Waals surface area contributed by atoms with Gasteiger partial charge < -0.3 is 4.74 Å². The summed E-state index contributed by atoms with van der Waals surface area (Å²) in [6.45, 7) is 4.09. The normalized spacial score (nSPS) is 12.2. The highest BCUT2D eigenvalue weighted by molar-refractivity contribution is 5.49. The van der Waals surface area contributed by atoms with E-state index in [9.17, 15) is 0 Å². The molecule has 5 heteroatoms. The molecule has 1 atom stereocenters. The average molecular weight is 258 g/mol. The molecule has 2 rings (SSSR count). The van der Waals surface area contributed by atoms with Crippen LogP contribution in [0.2, 0.25) is 0 Å². The molecule has 2 aromatic rings. The molecule has 0 spiro atoms. The van der Waals surface area contributed by atoms with Gasteiger partial charge in [0.05, 0.1) is 19.3 Å². The Balaban J connectivity index is 2.53. The van der Waals surface area contributed by atoms with Gasteiger partial charge in [0.15, 0.2) is 0 Å². The molecule has 1 aromatic carbocycles. The van der Waals surface area contributed by atoms with Crippen molar-refractivity contribution in [2.24, 2.45) is 5.84 Å². The fraction of sp³-hybridized carbons (Fsp3) is 0.286. The highest BCUT2D eigenvalue weighted by Crippen LogP contribution is 2.33. The first-order valence-corrected chi connectivity index (χ1v) is 6.05. The van der Waals surface area contributed by atoms with Gasteiger partial charge in [-0.2, -0.15) is 10.2 Å². The van der Waals surface area contributed by atoms with Crippen molar-refractivity contribution in [3.05, 3.63) is 52.8 Å². The molecule has 0 aliphatic heterocycles. The Morgan fingerprint density at radius 3 is 2.58 bits per heavy atom. The number of aryl methyl sites for hydroxylation is 1. The van der Waals surface area contributed by atoms with E-state index in [1.54, 1.807) is 19.5 Å². The van der Waals surface area contributed by atoms with Crippen LogP contribution >= 0.6 is 0 Å². The minimum Gasteiger partial charge on any atom is -0.496 e. The monoisotopic (exact) mass is 258 g/mol. The highest BCUT2D eigenvalue weighted by atomic mass is 16.5. The molecule has 0 fully saturated rings. The number of ether oxygens (including phenoxy) is 1. The minimum atomic E-state index is -0.176. The van der Waals surface area contributed by atoms with Gasteiger partial charge in [0.2, 0.25) is 0 Å². The fourth-order valence-electron chi connectivity index (χ4n) is 2.15. The largest absolute Gasteiger partial charge is 0.496 e. The molecule has 5 nitrogen and oxygen atoms in total. The fourth-order valence-corrected chi connectivity index (χ4v) is 2.15. The van der Waals surface area contributed by atoms with Crippen molar-refractivity contribution >= 4 is 0 Å². The lowest BCUT2D eigenvalue weighted by Crippen LogP contribution is -2.29. The summed E-state index contributed by atoms with van der Waals surface area (Å²) in [5, 5.41) is 7.67. The molecule has 3 N–H and O–H groups in total. The van der Waals surface area contributed by atoms with E-state index >= 15 is 0 Å². The SMILES string of the molecule is COc1c(C(NN)c2ccnnc2)ccc(C)c1C. The molecule has 1 aromatic heterocycles. The van der Waals surface area contributed by atoms with Crippen molar-refractivity contribution in [3.63, 3.8) is 0 Å². The molecule has 0 radical (unpaired) electrons. The van der Waals surface area contributed by atoms with Crippen LogP contribution in [0.3, 0.4) is 0 Å². The third-order valence-corrected chi connectivity index (χ3v) is 3.33. The van der Waals surface area contributed by atoms with E-state index < -0.39 is 0 Å². The Morgan fingerprint density at radius 1 is 1.21 bits per heavy atom. The summed E-state index contributed by atoms with van der Waals surface area (Å²) in [5.41, 5.74) is 7.04. The Morgan fingerprint density at radius 2 is 2.00 bits per heavy atom. The van der Waals surface area contributed by atoms with Crippen LogP contribution in [0.1, 0.15) is 28.3 Å². The third kappa shape index (κ3) is 2.57. The lowest BCUT2D eigenvalue weighted by Gasteiger charge is -2.21. The summed E-state index contributed by atoms with van der Waals surface area (Å²) >= 11 is 0. The van der Waals surface area contributed by atoms with Crippen molar-refractivity contribution < 1.29 is 4.74 Å². The number of hydrogen-bond acceptors (Lipinski definition) is 5. The number of hydrazine groups is 1. The van der Waals surface area contributed by atoms with Gasteiger partial charge in [-0.1, -0.05) is 12.1 Å². The van der Waals surface area contributed by atoms with Crippen LogP contribution in [0.25, 0.3) is 0 Å². The number of aromatic nitrogens is 2. The number of nitrogens with two attached hydrogens (primary N) is 1. The predicted molar refractivity (Wildman–Crippen MR) is 73.7 cm³/mol. The zero-order valence-corrected chi connectivity index (χ0v) is 11.3. The van der Waals surface area contributed by atoms with E-state index in [1.807, 2.05) is 19.1 Å². The van der Waals surface area contributed by atoms with Gasteiger partial charge in [0, 0.05) is 11.8 Å². The Kier molecular flexibility index (Phi) is 4.09. The summed E-state index contributed by atoms with van der Waals surface area (Å²) in [6, 6.07) is 5.79. The van der Waals surface area contributed by atoms with E-state index in [-0.39, 0.29) is 6.04 Å². The maximum Gasteiger partial charge on any atom is 0.127 e. The lowest BCUT2D eigenvalue weighted by atomic mass is 9.96. The Hall–Kier alpha value is -1.98. The molecule has 1 heterocycles. The van der Waals surface area contributed by atoms with Gasteiger partial charge in [-0.05, 0) is 36.6 Å². The van der Waals surface area contributed by atoms with Crippen molar-refractivity contribution in [2.45, 2.75) is 19.9 Å². The summed E-state index contributed by atoms with van der Waals surface area (Å²) < 4.78 is 5.53. The summed E-state index contributed by atoms with van der Waals surface area (Å²) in [4.78, 5) is 0. The summed E-state index contributed by atoms with van der Waals surface area (Å²) in [5.74, 6) is 6.54. The second kappa shape index (κ2) is 5.77. The second-order valence-electron chi connectivity index (χ2n) is 4.41. The molecule has 1 unspecified atom stereocenters. The molecule has 0 aliphatic rings. The van der Waals surface area contributed by atoms with Gasteiger partial charge in [-0.25, -0.2) is 5.43 Å². The molecule has 0 saturated carbocycles. The standard InChI is InChI=1S/C14H18N4O/c1-9-4-5-12(14(19-3)10(9)2)13(18-15)11-6-7-16-17-8-11/h4-8,13,18H,15H2,1-3H3. The number of benzene rings is 1. The molecular weight excluding hydrogens is 240 g/mol. The van der Waals surface area contributed by atoms with Crippen LogP contribution in [0, 0.1) is 13.8 Å². The summed E-state index contributed by atoms with van der Waals surface area (Å²) in [6.07, 6.45) is 3.34. The average Bonchev–Trinajstić information content (AvgIpc) is 2.45. The van der Waals surface area contributed by atoms with E-state index in [0.29, 0.717) is 0 Å². The van der Waals surface area contributed by atoms with E-state index in [1.165, 1.54) is 5.56 Å². The van der Waals surface area contributed by atoms with Gasteiger partial charge in [-0.3, -0.25) is 5.84 Å². The van der Waals surface area contributed by atoms with Crippen molar-refractivity contribution in [1.82, 2.24) is 15.6 Å². The van der Waals surface area contributed by atoms with E-state index in [0.717, 1.165) is 22.4 Å². The van der Waals surface area contributed by atoms with E-state index in [4.69, 9.17) is 10.6 Å². The first-order chi connectivity index (χ1) is 9.19. The Bertz CT molecular complexity index is 557. The topological polar surface area (TPSA) is 73.1 Å². The smallest absolute Gasteiger partial charge is 0.127 e. The molecule has 100 valence electrons. The van der Waals surface area contributed by atoms with E-state index in [2.05, 4.69) is 28.6 Å². The maximum absolute atomic E-state index is 5.69. The lowest BCUT2D eigenvalue weighted by molar-refractivity contribution is 0.400. The van der Waals surface area contributed by atoms with Gasteiger partial charge in [-0.15, -0.1) is 0 Å². The number of nitrogens with zero attached hydrogens (tertiary/aromatic N) is 2. The van der Waals surface area contributed by atoms with Crippen LogP contribution < -0.4 is 16.0 Å². The van der Waals surface area contributed by atoms with Gasteiger partial charge in [0.1, 0.15) is 5.75 Å². The number of methoxy groups -OCH3 is 1. The summed E-state index contributed by atoms with van der Waals surface area (Å²) in [7, 11) is 1.67. The van der Waals surface area contributed by atoms with Crippen LogP contribution in [0.15, 0.2) is 30.6 Å². The number of rotatable bonds is 4. The van der Waals surface area contributed by atoms with Gasteiger partial charge in [0.25, 0.3) is 0 Å². The van der Waals surface area contributed by atoms with Crippen molar-refractivity contribution in [2.75, 3.05) is 7.11 Å². The zero-order chi connectivity index (χ0) is 13.8. The zero-order valence-electron chi connectivity index (χ0n) is 11.3. The quantitative estimate of drug-likeness (QED) is 0.644. The van der Waals surface area contributed by atoms with Crippen LogP contribution in [-0.4, -0.2) is 17.3 Å². The van der Waals surface area contributed by atoms with Crippen LogP contribution in [0.5, 0.6) is 5.75 Å². The number of nitrogens with one attached hydrogen (secondary N) is 1. The molecule has 19 heavy (non-hydrogen) atoms. The number of hydrogen-bond donors (Lipinski definition) is 2. The minimum absolute atomic E-state index is 0.176. The molecule has 0 bridgehead atoms. The van der Waals surface area contributed by atoms with Crippen LogP contribution in [0.4, 0.5) is 0 Å². The third-order valence-electron chi connectivity index (χ3n) is 3.33. The molecular formula is C14H18N4O. The molecule has 0 amide bonds. The highest BCUT2D eigenvalue weighted by Gasteiger charge is 2.19. The van der Waals surface area contributed by atoms with Crippen molar-refractivity contribution in [1.29, 1.82) is 0 Å². The van der Waals surface area contributed by atoms with Crippen molar-refractivity contribution in [3.8, 4) is 5.75 Å². The maximum atomic E-state index is 5.69. The second-order valence-corrected chi connectivity index (χ2v) is 4.41. The molecule has 0 saturated heterocycles. The van der Waals surface area contributed by atoms with Gasteiger partial charge >= 0.3 is 0 Å². The molecule has 0 aliphatic carbocycles. The first kappa shape index (κ1) is 13.5. The first-order valence-electron chi connectivity index (χ1n) is 6.05. The van der Waals surface area contributed by atoms with Crippen LogP contribution in [-0.2, 0) is 0 Å². The Labute approximate surface area is 112 Å². The predicted octanol–water partition coefficient (Wildman–Crippen LogP) is 1.65.